The van der Waals surface area contributed by atoms with Crippen molar-refractivity contribution < 1.29 is 4.79 Å². The summed E-state index contributed by atoms with van der Waals surface area (Å²) in [5.41, 5.74) is 0. The number of carbonyl (C=O) groups excluding carboxylic acids is 1. The van der Waals surface area contributed by atoms with Gasteiger partial charge in [0.1, 0.15) is 5.78 Å². The Balaban J connectivity index is 0.00000121. The predicted octanol–water partition coefficient (Wildman–Crippen LogP) is 1.63. The quantitative estimate of drug-likeness (QED) is 0.683. The molecule has 1 saturated heterocycles. The van der Waals surface area contributed by atoms with E-state index in [2.05, 4.69) is 19.2 Å². The van der Waals surface area contributed by atoms with Gasteiger partial charge in [0.05, 0.1) is 0 Å². The molecule has 0 amide bonds. The highest BCUT2D eigenvalue weighted by Gasteiger charge is 2.26. The summed E-state index contributed by atoms with van der Waals surface area (Å²) in [6.07, 6.45) is 0.721. The van der Waals surface area contributed by atoms with E-state index in [1.165, 1.54) is 0 Å². The maximum absolute atomic E-state index is 11.3. The molecule has 0 aromatic heterocycles. The van der Waals surface area contributed by atoms with Crippen LogP contribution in [0.1, 0.15) is 27.2 Å². The summed E-state index contributed by atoms with van der Waals surface area (Å²) < 4.78 is 0. The Morgan fingerprint density at radius 3 is 2.50 bits per heavy atom. The summed E-state index contributed by atoms with van der Waals surface area (Å²) in [6.45, 7) is 7.16. The molecule has 0 spiro atoms. The van der Waals surface area contributed by atoms with Gasteiger partial charge in [-0.1, -0.05) is 20.8 Å². The number of hydrogen-bond donors (Lipinski definition) is 1. The second kappa shape index (κ2) is 4.83. The summed E-state index contributed by atoms with van der Waals surface area (Å²) >= 11 is 0. The van der Waals surface area contributed by atoms with Gasteiger partial charge >= 0.3 is 0 Å². The second-order valence-corrected chi connectivity index (χ2v) is 3.83. The number of halogens is 1. The first-order valence-corrected chi connectivity index (χ1v) is 4.37. The van der Waals surface area contributed by atoms with Crippen LogP contribution in [0.2, 0.25) is 0 Å². The molecule has 2 atom stereocenters. The summed E-state index contributed by atoms with van der Waals surface area (Å²) in [4.78, 5) is 11.3. The van der Waals surface area contributed by atoms with Crippen LogP contribution in [-0.4, -0.2) is 18.4 Å². The molecule has 1 fully saturated rings. The van der Waals surface area contributed by atoms with E-state index in [1.54, 1.807) is 0 Å². The van der Waals surface area contributed by atoms with E-state index < -0.39 is 0 Å². The third-order valence-electron chi connectivity index (χ3n) is 2.46. The molecule has 0 bridgehead atoms. The molecular formula is C9H18ClNO. The normalized spacial score (nSPS) is 30.2. The van der Waals surface area contributed by atoms with Crippen molar-refractivity contribution in [3.63, 3.8) is 0 Å². The first-order chi connectivity index (χ1) is 5.11. The summed E-state index contributed by atoms with van der Waals surface area (Å²) in [6, 6.07) is 0.415. The van der Waals surface area contributed by atoms with Gasteiger partial charge in [-0.3, -0.25) is 4.79 Å². The van der Waals surface area contributed by atoms with Gasteiger partial charge in [0.25, 0.3) is 0 Å². The van der Waals surface area contributed by atoms with Crippen LogP contribution in [0.15, 0.2) is 0 Å². The Morgan fingerprint density at radius 2 is 2.08 bits per heavy atom. The van der Waals surface area contributed by atoms with E-state index in [0.717, 1.165) is 13.0 Å². The molecule has 2 nitrogen and oxygen atoms in total. The molecule has 0 aromatic carbocycles. The Morgan fingerprint density at radius 1 is 1.50 bits per heavy atom. The van der Waals surface area contributed by atoms with Crippen LogP contribution in [0.5, 0.6) is 0 Å². The molecule has 1 heterocycles. The molecule has 1 aliphatic rings. The fourth-order valence-corrected chi connectivity index (χ4v) is 1.40. The van der Waals surface area contributed by atoms with E-state index in [0.29, 0.717) is 17.7 Å². The van der Waals surface area contributed by atoms with Crippen LogP contribution in [-0.2, 0) is 4.79 Å². The van der Waals surface area contributed by atoms with E-state index in [1.807, 2.05) is 6.92 Å². The number of carbonyl (C=O) groups is 1. The van der Waals surface area contributed by atoms with Crippen molar-refractivity contribution in [2.45, 2.75) is 33.2 Å². The van der Waals surface area contributed by atoms with Crippen molar-refractivity contribution in [1.29, 1.82) is 0 Å². The van der Waals surface area contributed by atoms with Gasteiger partial charge in [0, 0.05) is 24.9 Å². The number of piperidine rings is 1. The van der Waals surface area contributed by atoms with Gasteiger partial charge in [-0.2, -0.15) is 0 Å². The number of Topliss-reactive ketones (excluding diaryl/α,β-unsaturated/α-hetero) is 1. The molecule has 1 rings (SSSR count). The van der Waals surface area contributed by atoms with Gasteiger partial charge in [0.15, 0.2) is 0 Å². The van der Waals surface area contributed by atoms with Crippen molar-refractivity contribution in [2.24, 2.45) is 11.8 Å². The number of hydrogen-bond acceptors (Lipinski definition) is 2. The van der Waals surface area contributed by atoms with Gasteiger partial charge in [-0.05, 0) is 5.92 Å². The standard InChI is InChI=1S/C9H17NO.ClH/c1-6(2)8-4-9(11)7(3)5-10-8;/h6-8,10H,4-5H2,1-3H3;1H/t7?,8-;/m1./s1. The molecular weight excluding hydrogens is 174 g/mol. The molecule has 1 N–H and O–H groups in total. The zero-order chi connectivity index (χ0) is 8.43. The lowest BCUT2D eigenvalue weighted by atomic mass is 9.89. The summed E-state index contributed by atoms with van der Waals surface area (Å²) in [7, 11) is 0. The maximum atomic E-state index is 11.3. The largest absolute Gasteiger partial charge is 0.313 e. The smallest absolute Gasteiger partial charge is 0.138 e. The third-order valence-corrected chi connectivity index (χ3v) is 2.46. The first kappa shape index (κ1) is 11.9. The van der Waals surface area contributed by atoms with Gasteiger partial charge in [0.2, 0.25) is 0 Å². The topological polar surface area (TPSA) is 29.1 Å². The maximum Gasteiger partial charge on any atom is 0.138 e. The average molecular weight is 192 g/mol. The average Bonchev–Trinajstić information content (AvgIpc) is 1.94. The van der Waals surface area contributed by atoms with Gasteiger partial charge < -0.3 is 5.32 Å². The highest BCUT2D eigenvalue weighted by atomic mass is 35.5. The van der Waals surface area contributed by atoms with E-state index in [4.69, 9.17) is 0 Å². The van der Waals surface area contributed by atoms with Gasteiger partial charge in [-0.25, -0.2) is 0 Å². The summed E-state index contributed by atoms with van der Waals surface area (Å²) in [5, 5.41) is 3.38. The zero-order valence-corrected chi connectivity index (χ0v) is 8.78. The van der Waals surface area contributed by atoms with E-state index in [-0.39, 0.29) is 18.3 Å². The van der Waals surface area contributed by atoms with E-state index >= 15 is 0 Å². The molecule has 0 saturated carbocycles. The Bertz CT molecular complexity index is 159. The highest BCUT2D eigenvalue weighted by Crippen LogP contribution is 2.15. The van der Waals surface area contributed by atoms with Crippen LogP contribution >= 0.6 is 12.4 Å². The Hall–Kier alpha value is -0.0800. The van der Waals surface area contributed by atoms with Crippen molar-refractivity contribution >= 4 is 18.2 Å². The molecule has 12 heavy (non-hydrogen) atoms. The monoisotopic (exact) mass is 191 g/mol. The van der Waals surface area contributed by atoms with Crippen molar-refractivity contribution in [3.05, 3.63) is 0 Å². The number of nitrogens with one attached hydrogen (secondary N) is 1. The minimum Gasteiger partial charge on any atom is -0.313 e. The third kappa shape index (κ3) is 2.76. The molecule has 1 unspecified atom stereocenters. The molecule has 1 aliphatic heterocycles. The van der Waals surface area contributed by atoms with Crippen LogP contribution in [0.3, 0.4) is 0 Å². The van der Waals surface area contributed by atoms with Crippen molar-refractivity contribution in [2.75, 3.05) is 6.54 Å². The fourth-order valence-electron chi connectivity index (χ4n) is 1.40. The van der Waals surface area contributed by atoms with E-state index in [9.17, 15) is 4.79 Å². The lowest BCUT2D eigenvalue weighted by Crippen LogP contribution is -2.45. The van der Waals surface area contributed by atoms with Crippen LogP contribution in [0.25, 0.3) is 0 Å². The van der Waals surface area contributed by atoms with Crippen molar-refractivity contribution in [1.82, 2.24) is 5.32 Å². The number of rotatable bonds is 1. The minimum atomic E-state index is 0. The fraction of sp³-hybridized carbons (Fsp3) is 0.889. The molecule has 72 valence electrons. The molecule has 0 aliphatic carbocycles. The Labute approximate surface area is 80.5 Å². The summed E-state index contributed by atoms with van der Waals surface area (Å²) in [5.74, 6) is 1.22. The van der Waals surface area contributed by atoms with Gasteiger partial charge in [-0.15, -0.1) is 12.4 Å². The predicted molar refractivity (Wildman–Crippen MR) is 52.7 cm³/mol. The van der Waals surface area contributed by atoms with Crippen LogP contribution < -0.4 is 5.32 Å². The second-order valence-electron chi connectivity index (χ2n) is 3.83. The zero-order valence-electron chi connectivity index (χ0n) is 7.96. The lowest BCUT2D eigenvalue weighted by Gasteiger charge is -2.29. The van der Waals surface area contributed by atoms with Crippen LogP contribution in [0, 0.1) is 11.8 Å². The molecule has 0 radical (unpaired) electrons. The Kier molecular flexibility index (Phi) is 4.80. The lowest BCUT2D eigenvalue weighted by molar-refractivity contribution is -0.124. The minimum absolute atomic E-state index is 0. The SMILES string of the molecule is CC1CN[C@@H](C(C)C)CC1=O.Cl. The molecule has 0 aromatic rings. The number of ketones is 1. The first-order valence-electron chi connectivity index (χ1n) is 4.37. The van der Waals surface area contributed by atoms with Crippen LogP contribution in [0.4, 0.5) is 0 Å². The molecule has 3 heteroatoms. The van der Waals surface area contributed by atoms with Crippen molar-refractivity contribution in [3.8, 4) is 0 Å². The highest BCUT2D eigenvalue weighted by molar-refractivity contribution is 5.85.